The second-order valence-electron chi connectivity index (χ2n) is 5.10. The number of carbonyl (C=O) groups is 1. The van der Waals surface area contributed by atoms with Gasteiger partial charge in [-0.2, -0.15) is 0 Å². The number of hydrogen-bond acceptors (Lipinski definition) is 2. The molecule has 0 spiro atoms. The number of nitrogens with one attached hydrogen (secondary N) is 1. The van der Waals surface area contributed by atoms with Gasteiger partial charge in [-0.25, -0.2) is 4.39 Å². The fraction of sp³-hybridized carbons (Fsp3) is 0.312. The van der Waals surface area contributed by atoms with Crippen molar-refractivity contribution in [1.82, 2.24) is 0 Å². The van der Waals surface area contributed by atoms with Crippen LogP contribution in [0.1, 0.15) is 39.1 Å². The van der Waals surface area contributed by atoms with Crippen molar-refractivity contribution in [2.45, 2.75) is 31.0 Å². The molecule has 1 amide bonds. The van der Waals surface area contributed by atoms with Crippen LogP contribution >= 0.6 is 27.3 Å². The maximum atomic E-state index is 14.4. The molecule has 1 aromatic heterocycles. The van der Waals surface area contributed by atoms with Crippen LogP contribution in [0.4, 0.5) is 10.1 Å². The number of fused-ring (bicyclic) bond motifs is 1. The summed E-state index contributed by atoms with van der Waals surface area (Å²) in [4.78, 5) is 13.6. The standard InChI is InChI=1S/C16H15BrFNOS/c1-2-10-4-5-14(21-10)16(17)11-7-9-3-6-15(20)19-13(9)8-12(11)18/h4-5,7-8,16H,2-3,6H2,1H3,(H,19,20). The summed E-state index contributed by atoms with van der Waals surface area (Å²) in [6.07, 6.45) is 2.12. The van der Waals surface area contributed by atoms with E-state index in [9.17, 15) is 9.18 Å². The molecule has 2 heterocycles. The summed E-state index contributed by atoms with van der Waals surface area (Å²) in [5, 5.41) is 2.73. The van der Waals surface area contributed by atoms with Crippen LogP contribution in [0.3, 0.4) is 0 Å². The van der Waals surface area contributed by atoms with E-state index in [1.54, 1.807) is 11.3 Å². The Labute approximate surface area is 135 Å². The fourth-order valence-corrected chi connectivity index (χ4v) is 4.22. The summed E-state index contributed by atoms with van der Waals surface area (Å²) < 4.78 is 14.4. The van der Waals surface area contributed by atoms with Gasteiger partial charge >= 0.3 is 0 Å². The van der Waals surface area contributed by atoms with Crippen LogP contribution in [-0.4, -0.2) is 5.91 Å². The minimum atomic E-state index is -0.288. The average Bonchev–Trinajstić information content (AvgIpc) is 2.94. The lowest BCUT2D eigenvalue weighted by Gasteiger charge is -2.19. The molecule has 0 saturated carbocycles. The molecule has 21 heavy (non-hydrogen) atoms. The molecule has 2 aromatic rings. The van der Waals surface area contributed by atoms with Gasteiger partial charge in [0.05, 0.1) is 4.83 Å². The maximum absolute atomic E-state index is 14.4. The highest BCUT2D eigenvalue weighted by Crippen LogP contribution is 2.39. The van der Waals surface area contributed by atoms with Crippen LogP contribution in [0.5, 0.6) is 0 Å². The molecular formula is C16H15BrFNOS. The van der Waals surface area contributed by atoms with Crippen LogP contribution in [-0.2, 0) is 17.6 Å². The lowest BCUT2D eigenvalue weighted by atomic mass is 9.98. The van der Waals surface area contributed by atoms with Crippen molar-refractivity contribution < 1.29 is 9.18 Å². The number of halogens is 2. The number of benzene rings is 1. The van der Waals surface area contributed by atoms with Crippen molar-refractivity contribution in [2.75, 3.05) is 5.32 Å². The number of amides is 1. The molecule has 0 radical (unpaired) electrons. The van der Waals surface area contributed by atoms with E-state index >= 15 is 0 Å². The molecule has 3 rings (SSSR count). The van der Waals surface area contributed by atoms with Gasteiger partial charge in [-0.15, -0.1) is 11.3 Å². The zero-order chi connectivity index (χ0) is 15.0. The minimum Gasteiger partial charge on any atom is -0.326 e. The number of thiophene rings is 1. The Bertz CT molecular complexity index is 698. The predicted molar refractivity (Wildman–Crippen MR) is 87.8 cm³/mol. The molecule has 0 saturated heterocycles. The third-order valence-corrected chi connectivity index (χ3v) is 6.26. The lowest BCUT2D eigenvalue weighted by molar-refractivity contribution is -0.116. The number of rotatable bonds is 3. The van der Waals surface area contributed by atoms with E-state index in [1.807, 2.05) is 12.1 Å². The Kier molecular flexibility index (Phi) is 4.13. The molecule has 1 N–H and O–H groups in total. The van der Waals surface area contributed by atoms with E-state index in [0.29, 0.717) is 24.1 Å². The third-order valence-electron chi connectivity index (χ3n) is 3.67. The van der Waals surface area contributed by atoms with Gasteiger partial charge in [-0.3, -0.25) is 4.79 Å². The molecule has 1 aliphatic rings. The fourth-order valence-electron chi connectivity index (χ4n) is 2.49. The maximum Gasteiger partial charge on any atom is 0.224 e. The van der Waals surface area contributed by atoms with E-state index < -0.39 is 0 Å². The minimum absolute atomic E-state index is 0.0455. The molecule has 110 valence electrons. The van der Waals surface area contributed by atoms with Crippen molar-refractivity contribution in [3.8, 4) is 0 Å². The van der Waals surface area contributed by atoms with Crippen molar-refractivity contribution in [3.63, 3.8) is 0 Å². The van der Waals surface area contributed by atoms with Gasteiger partial charge in [0.15, 0.2) is 0 Å². The Hall–Kier alpha value is -1.20. The van der Waals surface area contributed by atoms with E-state index in [0.717, 1.165) is 16.9 Å². The molecule has 0 bridgehead atoms. The van der Waals surface area contributed by atoms with Crippen LogP contribution in [0, 0.1) is 5.82 Å². The van der Waals surface area contributed by atoms with Gasteiger partial charge in [-0.05, 0) is 42.7 Å². The van der Waals surface area contributed by atoms with E-state index in [2.05, 4.69) is 34.2 Å². The largest absolute Gasteiger partial charge is 0.326 e. The molecule has 5 heteroatoms. The van der Waals surface area contributed by atoms with E-state index in [1.165, 1.54) is 10.9 Å². The topological polar surface area (TPSA) is 29.1 Å². The first-order valence-corrected chi connectivity index (χ1v) is 8.66. The quantitative estimate of drug-likeness (QED) is 0.774. The molecule has 2 nitrogen and oxygen atoms in total. The van der Waals surface area contributed by atoms with E-state index in [4.69, 9.17) is 0 Å². The molecule has 1 atom stereocenters. The second-order valence-corrected chi connectivity index (χ2v) is 7.21. The number of hydrogen-bond donors (Lipinski definition) is 1. The summed E-state index contributed by atoms with van der Waals surface area (Å²) in [6.45, 7) is 2.11. The van der Waals surface area contributed by atoms with Crippen molar-refractivity contribution >= 4 is 38.9 Å². The summed E-state index contributed by atoms with van der Waals surface area (Å²) in [5.41, 5.74) is 2.24. The van der Waals surface area contributed by atoms with Crippen LogP contribution in [0.2, 0.25) is 0 Å². The van der Waals surface area contributed by atoms with Crippen LogP contribution < -0.4 is 5.32 Å². The molecule has 1 aromatic carbocycles. The van der Waals surface area contributed by atoms with Gasteiger partial charge < -0.3 is 5.32 Å². The highest BCUT2D eigenvalue weighted by Gasteiger charge is 2.22. The van der Waals surface area contributed by atoms with Crippen LogP contribution in [0.15, 0.2) is 24.3 Å². The number of anilines is 1. The average molecular weight is 368 g/mol. The smallest absolute Gasteiger partial charge is 0.224 e. The van der Waals surface area contributed by atoms with Crippen LogP contribution in [0.25, 0.3) is 0 Å². The Balaban J connectivity index is 1.96. The van der Waals surface area contributed by atoms with Gasteiger partial charge in [0.2, 0.25) is 5.91 Å². The molecule has 1 aliphatic heterocycles. The third kappa shape index (κ3) is 2.90. The zero-order valence-electron chi connectivity index (χ0n) is 11.6. The van der Waals surface area contributed by atoms with Crippen molar-refractivity contribution in [3.05, 3.63) is 51.0 Å². The first kappa shape index (κ1) is 14.7. The zero-order valence-corrected chi connectivity index (χ0v) is 14.0. The monoisotopic (exact) mass is 367 g/mol. The number of carbonyl (C=O) groups excluding carboxylic acids is 1. The van der Waals surface area contributed by atoms with Crippen molar-refractivity contribution in [2.24, 2.45) is 0 Å². The molecule has 0 fully saturated rings. The Morgan fingerprint density at radius 3 is 2.90 bits per heavy atom. The van der Waals surface area contributed by atoms with Gasteiger partial charge in [0.25, 0.3) is 0 Å². The SMILES string of the molecule is CCc1ccc(C(Br)c2cc3c(cc2F)NC(=O)CC3)s1. The molecular weight excluding hydrogens is 353 g/mol. The molecule has 0 aliphatic carbocycles. The normalized spacial score (nSPS) is 15.5. The van der Waals surface area contributed by atoms with Crippen molar-refractivity contribution in [1.29, 1.82) is 0 Å². The van der Waals surface area contributed by atoms with E-state index in [-0.39, 0.29) is 16.6 Å². The molecule has 1 unspecified atom stereocenters. The first-order valence-electron chi connectivity index (χ1n) is 6.93. The summed E-state index contributed by atoms with van der Waals surface area (Å²) in [6, 6.07) is 7.44. The number of alkyl halides is 1. The summed E-state index contributed by atoms with van der Waals surface area (Å²) in [5.74, 6) is -0.333. The summed E-state index contributed by atoms with van der Waals surface area (Å²) in [7, 11) is 0. The van der Waals surface area contributed by atoms with Gasteiger partial charge in [0, 0.05) is 27.4 Å². The highest BCUT2D eigenvalue weighted by molar-refractivity contribution is 9.09. The highest BCUT2D eigenvalue weighted by atomic mass is 79.9. The Morgan fingerprint density at radius 2 is 2.19 bits per heavy atom. The van der Waals surface area contributed by atoms with Gasteiger partial charge in [-0.1, -0.05) is 22.9 Å². The Morgan fingerprint density at radius 1 is 1.38 bits per heavy atom. The predicted octanol–water partition coefficient (Wildman–Crippen LogP) is 4.82. The van der Waals surface area contributed by atoms with Gasteiger partial charge in [0.1, 0.15) is 5.82 Å². The lowest BCUT2D eigenvalue weighted by Crippen LogP contribution is -2.19. The number of aryl methyl sites for hydroxylation is 2. The first-order chi connectivity index (χ1) is 10.1. The second kappa shape index (κ2) is 5.89. The summed E-state index contributed by atoms with van der Waals surface area (Å²) >= 11 is 5.31.